The molecule has 20 heavy (non-hydrogen) atoms. The van der Waals surface area contributed by atoms with Gasteiger partial charge in [0.1, 0.15) is 0 Å². The molecule has 1 aromatic rings. The average Bonchev–Trinajstić information content (AvgIpc) is 2.45. The van der Waals surface area contributed by atoms with Crippen LogP contribution in [0.4, 0.5) is 0 Å². The van der Waals surface area contributed by atoms with Crippen LogP contribution < -0.4 is 11.3 Å². The summed E-state index contributed by atoms with van der Waals surface area (Å²) < 4.78 is 0. The van der Waals surface area contributed by atoms with Gasteiger partial charge in [-0.3, -0.25) is 16.3 Å². The molecule has 1 fully saturated rings. The zero-order valence-corrected chi connectivity index (χ0v) is 13.1. The third-order valence-electron chi connectivity index (χ3n) is 4.98. The normalized spacial score (nSPS) is 25.4. The van der Waals surface area contributed by atoms with Gasteiger partial charge in [-0.25, -0.2) is 0 Å². The first-order valence-electron chi connectivity index (χ1n) is 7.85. The lowest BCUT2D eigenvalue weighted by Gasteiger charge is -2.39. The van der Waals surface area contributed by atoms with Crippen LogP contribution in [0, 0.1) is 17.3 Å². The predicted molar refractivity (Wildman–Crippen MR) is 84.0 cm³/mol. The Hall–Kier alpha value is -0.930. The third kappa shape index (κ3) is 4.03. The van der Waals surface area contributed by atoms with Crippen molar-refractivity contribution in [3.05, 3.63) is 30.1 Å². The summed E-state index contributed by atoms with van der Waals surface area (Å²) in [7, 11) is 0. The quantitative estimate of drug-likeness (QED) is 0.655. The minimum absolute atomic E-state index is 0.387. The highest BCUT2D eigenvalue weighted by Crippen LogP contribution is 2.40. The van der Waals surface area contributed by atoms with Crippen LogP contribution >= 0.6 is 0 Å². The van der Waals surface area contributed by atoms with Crippen LogP contribution in [0.5, 0.6) is 0 Å². The molecule has 0 spiro atoms. The van der Waals surface area contributed by atoms with Crippen LogP contribution in [0.25, 0.3) is 0 Å². The molecule has 0 radical (unpaired) electrons. The van der Waals surface area contributed by atoms with Gasteiger partial charge < -0.3 is 0 Å². The Kier molecular flexibility index (Phi) is 5.17. The van der Waals surface area contributed by atoms with E-state index in [1.807, 2.05) is 12.4 Å². The lowest BCUT2D eigenvalue weighted by atomic mass is 9.68. The Bertz CT molecular complexity index is 388. The van der Waals surface area contributed by atoms with E-state index in [1.54, 1.807) is 0 Å². The molecule has 3 nitrogen and oxygen atoms in total. The molecule has 1 aromatic heterocycles. The largest absolute Gasteiger partial charge is 0.271 e. The molecule has 1 aliphatic rings. The van der Waals surface area contributed by atoms with E-state index in [4.69, 9.17) is 5.84 Å². The molecular formula is C17H29N3. The molecule has 1 saturated carbocycles. The van der Waals surface area contributed by atoms with Crippen molar-refractivity contribution < 1.29 is 0 Å². The third-order valence-corrected chi connectivity index (χ3v) is 4.98. The highest BCUT2D eigenvalue weighted by atomic mass is 15.2. The summed E-state index contributed by atoms with van der Waals surface area (Å²) in [6, 6.07) is 4.56. The second-order valence-corrected chi connectivity index (χ2v) is 7.31. The van der Waals surface area contributed by atoms with Gasteiger partial charge in [0.2, 0.25) is 0 Å². The van der Waals surface area contributed by atoms with E-state index in [0.29, 0.717) is 17.4 Å². The fraction of sp³-hybridized carbons (Fsp3) is 0.706. The van der Waals surface area contributed by atoms with Crippen molar-refractivity contribution >= 4 is 0 Å². The summed E-state index contributed by atoms with van der Waals surface area (Å²) in [5.74, 6) is 7.37. The molecule has 1 heterocycles. The molecule has 0 aliphatic heterocycles. The van der Waals surface area contributed by atoms with Crippen molar-refractivity contribution in [2.24, 2.45) is 23.1 Å². The lowest BCUT2D eigenvalue weighted by molar-refractivity contribution is 0.132. The van der Waals surface area contributed by atoms with Crippen molar-refractivity contribution in [2.75, 3.05) is 0 Å². The number of rotatable bonds is 4. The molecule has 3 N–H and O–H groups in total. The summed E-state index contributed by atoms with van der Waals surface area (Å²) in [6.07, 6.45) is 9.98. The predicted octanol–water partition coefficient (Wildman–Crippen LogP) is 3.31. The zero-order chi connectivity index (χ0) is 14.6. The Morgan fingerprint density at radius 1 is 1.20 bits per heavy atom. The lowest BCUT2D eigenvalue weighted by Crippen LogP contribution is -2.44. The van der Waals surface area contributed by atoms with Crippen molar-refractivity contribution in [3.8, 4) is 0 Å². The number of hydrazine groups is 1. The maximum atomic E-state index is 5.81. The van der Waals surface area contributed by atoms with Crippen LogP contribution in [0.3, 0.4) is 0 Å². The molecule has 0 bridgehead atoms. The van der Waals surface area contributed by atoms with E-state index in [9.17, 15) is 0 Å². The number of pyridine rings is 1. The van der Waals surface area contributed by atoms with E-state index in [2.05, 4.69) is 43.3 Å². The van der Waals surface area contributed by atoms with E-state index in [1.165, 1.54) is 31.2 Å². The SMILES string of the molecule is CC(C)(C)C1CCC(C(Cc2ccncc2)NN)CC1. The summed E-state index contributed by atoms with van der Waals surface area (Å²) in [5.41, 5.74) is 4.82. The van der Waals surface area contributed by atoms with Gasteiger partial charge in [-0.05, 0) is 67.1 Å². The fourth-order valence-corrected chi connectivity index (χ4v) is 3.52. The van der Waals surface area contributed by atoms with Gasteiger partial charge in [0.05, 0.1) is 0 Å². The number of hydrogen-bond donors (Lipinski definition) is 2. The summed E-state index contributed by atoms with van der Waals surface area (Å²) in [4.78, 5) is 4.08. The monoisotopic (exact) mass is 275 g/mol. The topological polar surface area (TPSA) is 50.9 Å². The molecule has 0 aromatic carbocycles. The molecular weight excluding hydrogens is 246 g/mol. The number of nitrogens with zero attached hydrogens (tertiary/aromatic N) is 1. The van der Waals surface area contributed by atoms with E-state index in [0.717, 1.165) is 12.3 Å². The standard InChI is InChI=1S/C17H29N3/c1-17(2,3)15-6-4-14(5-7-15)16(20-18)12-13-8-10-19-11-9-13/h8-11,14-16,20H,4-7,12,18H2,1-3H3. The number of hydrogen-bond acceptors (Lipinski definition) is 3. The molecule has 0 amide bonds. The Morgan fingerprint density at radius 3 is 2.30 bits per heavy atom. The number of nitrogens with two attached hydrogens (primary N) is 1. The van der Waals surface area contributed by atoms with Crippen molar-refractivity contribution in [1.82, 2.24) is 10.4 Å². The maximum Gasteiger partial charge on any atom is 0.0279 e. The van der Waals surface area contributed by atoms with Crippen LogP contribution in [0.1, 0.15) is 52.0 Å². The first kappa shape index (κ1) is 15.5. The van der Waals surface area contributed by atoms with Crippen LogP contribution in [0.2, 0.25) is 0 Å². The first-order valence-corrected chi connectivity index (χ1v) is 7.85. The van der Waals surface area contributed by atoms with Gasteiger partial charge in [-0.1, -0.05) is 20.8 Å². The van der Waals surface area contributed by atoms with Gasteiger partial charge >= 0.3 is 0 Å². The van der Waals surface area contributed by atoms with Crippen LogP contribution in [0.15, 0.2) is 24.5 Å². The fourth-order valence-electron chi connectivity index (χ4n) is 3.52. The Morgan fingerprint density at radius 2 is 1.80 bits per heavy atom. The first-order chi connectivity index (χ1) is 9.50. The summed E-state index contributed by atoms with van der Waals surface area (Å²) in [6.45, 7) is 7.11. The van der Waals surface area contributed by atoms with Gasteiger partial charge in [0.25, 0.3) is 0 Å². The van der Waals surface area contributed by atoms with E-state index < -0.39 is 0 Å². The highest BCUT2D eigenvalue weighted by Gasteiger charge is 2.32. The molecule has 112 valence electrons. The van der Waals surface area contributed by atoms with Gasteiger partial charge in [-0.15, -0.1) is 0 Å². The molecule has 0 saturated heterocycles. The number of nitrogens with one attached hydrogen (secondary N) is 1. The molecule has 1 unspecified atom stereocenters. The Balaban J connectivity index is 1.91. The molecule has 2 rings (SSSR count). The van der Waals surface area contributed by atoms with Crippen molar-refractivity contribution in [2.45, 2.75) is 58.9 Å². The number of aromatic nitrogens is 1. The second kappa shape index (κ2) is 6.68. The second-order valence-electron chi connectivity index (χ2n) is 7.31. The minimum atomic E-state index is 0.387. The summed E-state index contributed by atoms with van der Waals surface area (Å²) in [5, 5.41) is 0. The average molecular weight is 275 g/mol. The molecule has 1 atom stereocenters. The molecule has 1 aliphatic carbocycles. The van der Waals surface area contributed by atoms with Gasteiger partial charge in [0.15, 0.2) is 0 Å². The van der Waals surface area contributed by atoms with Gasteiger partial charge in [-0.2, -0.15) is 0 Å². The van der Waals surface area contributed by atoms with Crippen LogP contribution in [-0.4, -0.2) is 11.0 Å². The summed E-state index contributed by atoms with van der Waals surface area (Å²) >= 11 is 0. The van der Waals surface area contributed by atoms with Crippen molar-refractivity contribution in [1.29, 1.82) is 0 Å². The maximum absolute atomic E-state index is 5.81. The van der Waals surface area contributed by atoms with Gasteiger partial charge in [0, 0.05) is 18.4 Å². The zero-order valence-electron chi connectivity index (χ0n) is 13.1. The van der Waals surface area contributed by atoms with E-state index in [-0.39, 0.29) is 0 Å². The van der Waals surface area contributed by atoms with E-state index >= 15 is 0 Å². The van der Waals surface area contributed by atoms with Crippen molar-refractivity contribution in [3.63, 3.8) is 0 Å². The Labute approximate surface area is 123 Å². The smallest absolute Gasteiger partial charge is 0.0279 e. The van der Waals surface area contributed by atoms with Crippen LogP contribution in [-0.2, 0) is 6.42 Å². The minimum Gasteiger partial charge on any atom is -0.271 e. The highest BCUT2D eigenvalue weighted by molar-refractivity contribution is 5.11. The molecule has 3 heteroatoms.